The maximum atomic E-state index is 5.60. The number of nitrogens with two attached hydrogens (primary N) is 1. The van der Waals surface area contributed by atoms with Gasteiger partial charge in [0.1, 0.15) is 0 Å². The molecule has 0 saturated heterocycles. The Morgan fingerprint density at radius 1 is 0.288 bits per heavy atom. The van der Waals surface area contributed by atoms with Crippen molar-refractivity contribution in [3.8, 4) is 44.5 Å². The largest absolute Gasteiger partial charge is 0.399 e. The van der Waals surface area contributed by atoms with Crippen molar-refractivity contribution in [3.05, 3.63) is 223 Å². The predicted octanol–water partition coefficient (Wildman–Crippen LogP) is 14.5. The number of nitrogen functional groups attached to an aromatic ring is 1. The molecule has 3 heteroatoms. The molecule has 0 spiro atoms. The summed E-state index contributed by atoms with van der Waals surface area (Å²) in [4.78, 5) is 0. The molecule has 0 atom stereocenters. The molecule has 0 heterocycles. The molecule has 0 saturated carbocycles. The van der Waals surface area contributed by atoms with Crippen molar-refractivity contribution in [2.75, 3.05) is 11.1 Å². The summed E-state index contributed by atoms with van der Waals surface area (Å²) < 4.78 is 1.12. The van der Waals surface area contributed by atoms with E-state index in [0.717, 1.165) is 21.5 Å². The first-order chi connectivity index (χ1) is 25.1. The lowest BCUT2D eigenvalue weighted by molar-refractivity contribution is 1.53. The molecule has 0 aliphatic heterocycles. The maximum absolute atomic E-state index is 5.60. The van der Waals surface area contributed by atoms with Crippen molar-refractivity contribution in [3.63, 3.8) is 0 Å². The molecule has 0 radical (unpaired) electrons. The Balaban J connectivity index is 0.000000164. The fourth-order valence-electron chi connectivity index (χ4n) is 5.50. The number of hydrogen-bond donors (Lipinski definition) is 2. The van der Waals surface area contributed by atoms with Crippen LogP contribution in [0.4, 0.5) is 17.1 Å². The maximum Gasteiger partial charge on any atom is 0.0384 e. The first-order valence-electron chi connectivity index (χ1n) is 16.9. The smallest absolute Gasteiger partial charge is 0.0384 e. The Morgan fingerprint density at radius 2 is 0.519 bits per heavy atom. The summed E-state index contributed by atoms with van der Waals surface area (Å²) in [6.07, 6.45) is 0. The van der Waals surface area contributed by atoms with Gasteiger partial charge in [0, 0.05) is 21.5 Å². The van der Waals surface area contributed by atoms with E-state index in [2.05, 4.69) is 179 Å². The molecule has 0 aromatic heterocycles. The highest BCUT2D eigenvalue weighted by atomic mass is 79.9. The molecule has 52 heavy (non-hydrogen) atoms. The van der Waals surface area contributed by atoms with Crippen molar-refractivity contribution in [2.24, 2.45) is 0 Å². The van der Waals surface area contributed by atoms with Crippen LogP contribution in [0, 0.1) is 0 Å². The van der Waals surface area contributed by atoms with Gasteiger partial charge in [-0.1, -0.05) is 193 Å². The average molecular weight is 740 g/mol. The van der Waals surface area contributed by atoms with Crippen LogP contribution in [0.3, 0.4) is 0 Å². The van der Waals surface area contributed by atoms with Gasteiger partial charge in [0.15, 0.2) is 0 Å². The molecular weight excluding hydrogens is 696 g/mol. The van der Waals surface area contributed by atoms with E-state index in [1.54, 1.807) is 0 Å². The monoisotopic (exact) mass is 738 g/mol. The van der Waals surface area contributed by atoms with Gasteiger partial charge in [-0.2, -0.15) is 0 Å². The number of hydrogen-bond acceptors (Lipinski definition) is 2. The van der Waals surface area contributed by atoms with Crippen molar-refractivity contribution >= 4 is 33.0 Å². The van der Waals surface area contributed by atoms with Crippen LogP contribution < -0.4 is 11.1 Å². The zero-order chi connectivity index (χ0) is 35.1. The molecule has 0 aliphatic rings. The van der Waals surface area contributed by atoms with Crippen LogP contribution in [0.25, 0.3) is 44.5 Å². The summed E-state index contributed by atoms with van der Waals surface area (Å²) in [7, 11) is 0. The molecule has 0 bridgehead atoms. The van der Waals surface area contributed by atoms with Crippen molar-refractivity contribution in [2.45, 2.75) is 7.43 Å². The Kier molecular flexibility index (Phi) is 13.8. The van der Waals surface area contributed by atoms with Gasteiger partial charge in [0.05, 0.1) is 0 Å². The first kappa shape index (κ1) is 37.1. The summed E-state index contributed by atoms with van der Waals surface area (Å²) in [6, 6.07) is 74.8. The van der Waals surface area contributed by atoms with Gasteiger partial charge < -0.3 is 11.1 Å². The lowest BCUT2D eigenvalue weighted by Crippen LogP contribution is -1.90. The van der Waals surface area contributed by atoms with E-state index in [9.17, 15) is 0 Å². The van der Waals surface area contributed by atoms with Crippen molar-refractivity contribution in [1.29, 1.82) is 0 Å². The zero-order valence-electron chi connectivity index (χ0n) is 28.2. The van der Waals surface area contributed by atoms with Gasteiger partial charge in [0.2, 0.25) is 0 Å². The highest BCUT2D eigenvalue weighted by Gasteiger charge is 2.01. The zero-order valence-corrected chi connectivity index (χ0v) is 29.8. The summed E-state index contributed by atoms with van der Waals surface area (Å²) in [5.41, 5.74) is 18.5. The molecule has 8 rings (SSSR count). The molecule has 8 aromatic carbocycles. The summed E-state index contributed by atoms with van der Waals surface area (Å²) in [5.74, 6) is 0. The quantitative estimate of drug-likeness (QED) is 0.167. The van der Waals surface area contributed by atoms with Gasteiger partial charge in [0.25, 0.3) is 0 Å². The second-order valence-electron chi connectivity index (χ2n) is 11.9. The van der Waals surface area contributed by atoms with E-state index < -0.39 is 0 Å². The lowest BCUT2D eigenvalue weighted by Gasteiger charge is -2.09. The normalized spacial score (nSPS) is 9.94. The lowest BCUT2D eigenvalue weighted by atomic mass is 10.0. The van der Waals surface area contributed by atoms with Gasteiger partial charge in [-0.3, -0.25) is 0 Å². The molecule has 0 unspecified atom stereocenters. The van der Waals surface area contributed by atoms with E-state index in [1.165, 1.54) is 44.5 Å². The number of benzene rings is 8. The number of rotatable bonds is 6. The summed E-state index contributed by atoms with van der Waals surface area (Å²) in [5, 5.41) is 3.46. The van der Waals surface area contributed by atoms with Crippen LogP contribution in [0.2, 0.25) is 0 Å². The highest BCUT2D eigenvalue weighted by Crippen LogP contribution is 2.26. The van der Waals surface area contributed by atoms with Crippen LogP contribution in [-0.4, -0.2) is 0 Å². The topological polar surface area (TPSA) is 38.0 Å². The second-order valence-corrected chi connectivity index (χ2v) is 12.8. The van der Waals surface area contributed by atoms with E-state index in [4.69, 9.17) is 5.73 Å². The minimum Gasteiger partial charge on any atom is -0.399 e. The molecule has 2 nitrogen and oxygen atoms in total. The number of nitrogens with one attached hydrogen (secondary N) is 1. The van der Waals surface area contributed by atoms with Gasteiger partial charge in [-0.25, -0.2) is 0 Å². The fraction of sp³-hybridized carbons (Fsp3) is 0.0204. The van der Waals surface area contributed by atoms with Crippen LogP contribution in [0.15, 0.2) is 223 Å². The molecular formula is C49H43BrN2. The predicted molar refractivity (Wildman–Crippen MR) is 230 cm³/mol. The Morgan fingerprint density at radius 3 is 0.808 bits per heavy atom. The molecule has 0 aliphatic carbocycles. The third kappa shape index (κ3) is 10.9. The molecule has 8 aromatic rings. The van der Waals surface area contributed by atoms with Gasteiger partial charge in [-0.05, 0) is 93.0 Å². The first-order valence-corrected chi connectivity index (χ1v) is 17.7. The Bertz CT molecular complexity index is 2010. The Labute approximate surface area is 317 Å². The number of anilines is 3. The Hall–Kier alpha value is -6.16. The van der Waals surface area contributed by atoms with Crippen molar-refractivity contribution < 1.29 is 0 Å². The van der Waals surface area contributed by atoms with Crippen LogP contribution in [0.1, 0.15) is 7.43 Å². The number of halogens is 1. The standard InChI is InChI=1S/C24H19N.C12H9Br.C12H11N.CH4/c1-3-7-19(8-4-1)21-11-15-23(16-12-21)25-24-17-13-22(14-18-24)20-9-5-2-6-10-20;2*13-12-8-6-11(7-9-12)10-4-2-1-3-5-10;/h1-18,25H;1-9H;1-9H,13H2;1H4. The fourth-order valence-corrected chi connectivity index (χ4v) is 5.76. The van der Waals surface area contributed by atoms with Crippen LogP contribution in [0.5, 0.6) is 0 Å². The van der Waals surface area contributed by atoms with E-state index in [1.807, 2.05) is 60.7 Å². The summed E-state index contributed by atoms with van der Waals surface area (Å²) in [6.45, 7) is 0. The summed E-state index contributed by atoms with van der Waals surface area (Å²) >= 11 is 3.42. The SMILES string of the molecule is Brc1ccc(-c2ccccc2)cc1.C.Nc1ccc(-c2ccccc2)cc1.c1ccc(-c2ccc(Nc3ccc(-c4ccccc4)cc3)cc2)cc1. The van der Waals surface area contributed by atoms with Gasteiger partial charge >= 0.3 is 0 Å². The third-order valence-corrected chi connectivity index (χ3v) is 8.77. The average Bonchev–Trinajstić information content (AvgIpc) is 3.21. The third-order valence-electron chi connectivity index (χ3n) is 8.24. The van der Waals surface area contributed by atoms with Gasteiger partial charge in [-0.15, -0.1) is 0 Å². The molecule has 256 valence electrons. The molecule has 0 amide bonds. The van der Waals surface area contributed by atoms with Crippen molar-refractivity contribution in [1.82, 2.24) is 0 Å². The minimum absolute atomic E-state index is 0. The van der Waals surface area contributed by atoms with E-state index in [-0.39, 0.29) is 7.43 Å². The van der Waals surface area contributed by atoms with Crippen LogP contribution in [-0.2, 0) is 0 Å². The molecule has 3 N–H and O–H groups in total. The minimum atomic E-state index is 0. The highest BCUT2D eigenvalue weighted by molar-refractivity contribution is 9.10. The van der Waals surface area contributed by atoms with E-state index >= 15 is 0 Å². The van der Waals surface area contributed by atoms with E-state index in [0.29, 0.717) is 0 Å². The molecule has 0 fully saturated rings. The second kappa shape index (κ2) is 19.3. The van der Waals surface area contributed by atoms with Crippen LogP contribution >= 0.6 is 15.9 Å².